The van der Waals surface area contributed by atoms with Gasteiger partial charge in [-0.15, -0.1) is 6.42 Å². The lowest BCUT2D eigenvalue weighted by Gasteiger charge is -2.36. The van der Waals surface area contributed by atoms with Gasteiger partial charge in [0.2, 0.25) is 5.91 Å². The molecule has 1 aliphatic heterocycles. The van der Waals surface area contributed by atoms with Gasteiger partial charge in [-0.25, -0.2) is 0 Å². The van der Waals surface area contributed by atoms with E-state index < -0.39 is 5.41 Å². The first-order valence-corrected chi connectivity index (χ1v) is 6.65. The van der Waals surface area contributed by atoms with Crippen LogP contribution >= 0.6 is 0 Å². The SMILES string of the molecule is C#CC(CCC)NC(=O)C1(COC)CCNCC1. The van der Waals surface area contributed by atoms with Gasteiger partial charge < -0.3 is 15.4 Å². The fraction of sp³-hybridized carbons (Fsp3) is 0.786. The molecule has 0 saturated carbocycles. The number of methoxy groups -OCH3 is 1. The van der Waals surface area contributed by atoms with Gasteiger partial charge in [0.1, 0.15) is 0 Å². The Kier molecular flexibility index (Phi) is 6.17. The van der Waals surface area contributed by atoms with E-state index in [-0.39, 0.29) is 11.9 Å². The number of ether oxygens (including phenoxy) is 1. The number of carbonyl (C=O) groups excluding carboxylic acids is 1. The molecule has 0 aromatic heterocycles. The van der Waals surface area contributed by atoms with Gasteiger partial charge in [-0.05, 0) is 32.4 Å². The molecule has 4 nitrogen and oxygen atoms in total. The Morgan fingerprint density at radius 1 is 1.56 bits per heavy atom. The predicted molar refractivity (Wildman–Crippen MR) is 72.1 cm³/mol. The van der Waals surface area contributed by atoms with Crippen LogP contribution in [0.25, 0.3) is 0 Å². The molecule has 0 bridgehead atoms. The summed E-state index contributed by atoms with van der Waals surface area (Å²) in [5, 5.41) is 6.25. The normalized spacial score (nSPS) is 19.8. The quantitative estimate of drug-likeness (QED) is 0.691. The zero-order valence-electron chi connectivity index (χ0n) is 11.4. The number of terminal acetylenes is 1. The molecule has 102 valence electrons. The van der Waals surface area contributed by atoms with Crippen molar-refractivity contribution in [3.8, 4) is 12.3 Å². The van der Waals surface area contributed by atoms with Crippen LogP contribution in [0.15, 0.2) is 0 Å². The van der Waals surface area contributed by atoms with Crippen molar-refractivity contribution in [3.63, 3.8) is 0 Å². The van der Waals surface area contributed by atoms with Crippen molar-refractivity contribution >= 4 is 5.91 Å². The summed E-state index contributed by atoms with van der Waals surface area (Å²) in [6.07, 6.45) is 8.84. The van der Waals surface area contributed by atoms with Crippen LogP contribution in [-0.2, 0) is 9.53 Å². The van der Waals surface area contributed by atoms with E-state index in [1.165, 1.54) is 0 Å². The number of rotatable bonds is 6. The Labute approximate surface area is 110 Å². The Hall–Kier alpha value is -1.05. The number of hydrogen-bond acceptors (Lipinski definition) is 3. The summed E-state index contributed by atoms with van der Waals surface area (Å²) in [5.74, 6) is 2.69. The topological polar surface area (TPSA) is 50.4 Å². The van der Waals surface area contributed by atoms with Crippen LogP contribution in [0.5, 0.6) is 0 Å². The third-order valence-corrected chi connectivity index (χ3v) is 3.55. The van der Waals surface area contributed by atoms with Crippen LogP contribution in [0.1, 0.15) is 32.6 Å². The van der Waals surface area contributed by atoms with Crippen molar-refractivity contribution in [1.82, 2.24) is 10.6 Å². The molecule has 1 aliphatic rings. The molecule has 1 rings (SSSR count). The summed E-state index contributed by atoms with van der Waals surface area (Å²) in [6, 6.07) is -0.161. The van der Waals surface area contributed by atoms with E-state index in [1.807, 2.05) is 0 Å². The second-order valence-corrected chi connectivity index (χ2v) is 4.94. The molecule has 18 heavy (non-hydrogen) atoms. The highest BCUT2D eigenvalue weighted by Crippen LogP contribution is 2.29. The summed E-state index contributed by atoms with van der Waals surface area (Å²) in [5.41, 5.74) is -0.414. The van der Waals surface area contributed by atoms with Gasteiger partial charge in [0.05, 0.1) is 18.1 Å². The molecule has 1 amide bonds. The van der Waals surface area contributed by atoms with Crippen LogP contribution in [0.4, 0.5) is 0 Å². The van der Waals surface area contributed by atoms with Crippen molar-refractivity contribution in [1.29, 1.82) is 0 Å². The Balaban J connectivity index is 2.67. The average Bonchev–Trinajstić information content (AvgIpc) is 2.39. The molecule has 1 fully saturated rings. The Bertz CT molecular complexity index is 298. The molecule has 4 heteroatoms. The second-order valence-electron chi connectivity index (χ2n) is 4.94. The minimum absolute atomic E-state index is 0.0438. The molecule has 1 heterocycles. The van der Waals surface area contributed by atoms with E-state index in [0.717, 1.165) is 38.8 Å². The standard InChI is InChI=1S/C14H24N2O2/c1-4-6-12(5-2)16-13(17)14(11-18-3)7-9-15-10-8-14/h2,12,15H,4,6-11H2,1,3H3,(H,16,17). The van der Waals surface area contributed by atoms with Crippen molar-refractivity contribution in [2.45, 2.75) is 38.6 Å². The van der Waals surface area contributed by atoms with Gasteiger partial charge in [0, 0.05) is 7.11 Å². The maximum atomic E-state index is 12.4. The number of piperidine rings is 1. The molecule has 0 radical (unpaired) electrons. The Morgan fingerprint density at radius 3 is 2.72 bits per heavy atom. The molecular weight excluding hydrogens is 228 g/mol. The summed E-state index contributed by atoms with van der Waals surface area (Å²) in [4.78, 5) is 12.4. The van der Waals surface area contributed by atoms with Crippen LogP contribution in [0.3, 0.4) is 0 Å². The highest BCUT2D eigenvalue weighted by molar-refractivity contribution is 5.83. The lowest BCUT2D eigenvalue weighted by molar-refractivity contribution is -0.136. The van der Waals surface area contributed by atoms with Crippen LogP contribution in [0.2, 0.25) is 0 Å². The molecule has 1 saturated heterocycles. The molecule has 0 aromatic rings. The second kappa shape index (κ2) is 7.40. The lowest BCUT2D eigenvalue weighted by Crippen LogP contribution is -2.52. The van der Waals surface area contributed by atoms with Crippen molar-refractivity contribution < 1.29 is 9.53 Å². The van der Waals surface area contributed by atoms with Gasteiger partial charge in [0.25, 0.3) is 0 Å². The van der Waals surface area contributed by atoms with Gasteiger partial charge >= 0.3 is 0 Å². The van der Waals surface area contributed by atoms with E-state index in [2.05, 4.69) is 23.5 Å². The first-order valence-electron chi connectivity index (χ1n) is 6.65. The predicted octanol–water partition coefficient (Wildman–Crippen LogP) is 0.921. The van der Waals surface area contributed by atoms with Gasteiger partial charge in [0.15, 0.2) is 0 Å². The fourth-order valence-electron chi connectivity index (χ4n) is 2.42. The summed E-state index contributed by atoms with van der Waals surface area (Å²) in [7, 11) is 1.64. The van der Waals surface area contributed by atoms with E-state index >= 15 is 0 Å². The highest BCUT2D eigenvalue weighted by Gasteiger charge is 2.40. The Morgan fingerprint density at radius 2 is 2.22 bits per heavy atom. The highest BCUT2D eigenvalue weighted by atomic mass is 16.5. The van der Waals surface area contributed by atoms with E-state index in [1.54, 1.807) is 7.11 Å². The molecule has 2 N–H and O–H groups in total. The van der Waals surface area contributed by atoms with Crippen molar-refractivity contribution in [2.24, 2.45) is 5.41 Å². The fourth-order valence-corrected chi connectivity index (χ4v) is 2.42. The monoisotopic (exact) mass is 252 g/mol. The molecule has 1 unspecified atom stereocenters. The summed E-state index contributed by atoms with van der Waals surface area (Å²) in [6.45, 7) is 4.23. The van der Waals surface area contributed by atoms with Crippen LogP contribution in [-0.4, -0.2) is 38.8 Å². The number of amides is 1. The number of hydrogen-bond donors (Lipinski definition) is 2. The third kappa shape index (κ3) is 3.72. The molecule has 1 atom stereocenters. The number of carbonyl (C=O) groups is 1. The molecule has 0 aromatic carbocycles. The maximum absolute atomic E-state index is 12.4. The van der Waals surface area contributed by atoms with Crippen molar-refractivity contribution in [2.75, 3.05) is 26.8 Å². The third-order valence-electron chi connectivity index (χ3n) is 3.55. The average molecular weight is 252 g/mol. The lowest BCUT2D eigenvalue weighted by atomic mass is 9.78. The van der Waals surface area contributed by atoms with Gasteiger partial charge in [-0.2, -0.15) is 0 Å². The minimum atomic E-state index is -0.414. The zero-order chi connectivity index (χ0) is 13.4. The minimum Gasteiger partial charge on any atom is -0.384 e. The van der Waals surface area contributed by atoms with E-state index in [4.69, 9.17) is 11.2 Å². The summed E-state index contributed by atoms with van der Waals surface area (Å²) < 4.78 is 5.24. The molecule has 0 spiro atoms. The van der Waals surface area contributed by atoms with Gasteiger partial charge in [-0.1, -0.05) is 19.3 Å². The largest absolute Gasteiger partial charge is 0.384 e. The number of nitrogens with one attached hydrogen (secondary N) is 2. The van der Waals surface area contributed by atoms with Gasteiger partial charge in [-0.3, -0.25) is 4.79 Å². The molecular formula is C14H24N2O2. The smallest absolute Gasteiger partial charge is 0.229 e. The maximum Gasteiger partial charge on any atom is 0.229 e. The van der Waals surface area contributed by atoms with E-state index in [0.29, 0.717) is 6.61 Å². The first kappa shape index (κ1) is 15.0. The van der Waals surface area contributed by atoms with E-state index in [9.17, 15) is 4.79 Å². The van der Waals surface area contributed by atoms with Crippen LogP contribution < -0.4 is 10.6 Å². The van der Waals surface area contributed by atoms with Crippen molar-refractivity contribution in [3.05, 3.63) is 0 Å². The van der Waals surface area contributed by atoms with Crippen LogP contribution in [0, 0.1) is 17.8 Å². The molecule has 0 aliphatic carbocycles. The summed E-state index contributed by atoms with van der Waals surface area (Å²) >= 11 is 0. The zero-order valence-corrected chi connectivity index (χ0v) is 11.4. The first-order chi connectivity index (χ1) is 8.68.